The molecule has 2 aromatic rings. The molecule has 1 aromatic carbocycles. The number of aliphatic hydroxyl groups excluding tert-OH is 1. The molecule has 1 fully saturated rings. The van der Waals surface area contributed by atoms with Crippen molar-refractivity contribution < 1.29 is 27.5 Å². The Bertz CT molecular complexity index is 1020. The minimum absolute atomic E-state index is 0.0498. The summed E-state index contributed by atoms with van der Waals surface area (Å²) in [6.07, 6.45) is -2.31. The maximum absolute atomic E-state index is 14.5. The zero-order chi connectivity index (χ0) is 22.1. The molecule has 1 atom stereocenters. The van der Waals surface area contributed by atoms with Gasteiger partial charge in [-0.25, -0.2) is 9.38 Å². The molecule has 3 rings (SSSR count). The zero-order valence-electron chi connectivity index (χ0n) is 15.9. The topological polar surface area (TPSA) is 78.2 Å². The van der Waals surface area contributed by atoms with Crippen LogP contribution in [0.4, 0.5) is 28.9 Å². The quantitative estimate of drug-likeness (QED) is 0.599. The number of aromatic nitrogens is 1. The van der Waals surface area contributed by atoms with Gasteiger partial charge in [0.05, 0.1) is 17.9 Å². The van der Waals surface area contributed by atoms with Crippen molar-refractivity contribution in [2.45, 2.75) is 25.6 Å². The first-order valence-electron chi connectivity index (χ1n) is 8.96. The molecule has 2 heterocycles. The van der Waals surface area contributed by atoms with E-state index in [-0.39, 0.29) is 34.8 Å². The van der Waals surface area contributed by atoms with Gasteiger partial charge in [-0.2, -0.15) is 13.2 Å². The normalized spacial score (nSPS) is 17.3. The smallest absolute Gasteiger partial charge is 0.391 e. The summed E-state index contributed by atoms with van der Waals surface area (Å²) in [7, 11) is 0. The molecule has 0 aliphatic carbocycles. The van der Waals surface area contributed by atoms with Crippen LogP contribution in [-0.2, 0) is 11.0 Å². The first kappa shape index (κ1) is 21.6. The average molecular weight is 422 g/mol. The standard InChI is InChI=1S/C20H18F4N4O2/c1-11(19(30)28-6-5-13(29)10-28)27-18-15(8-26-9-17(18)25-2)14-4-3-12(7-16(14)21)20(22,23)24/h3-4,7-9,13,29H,2,5-6,10H2,1H3/b27-11+. The fourth-order valence-electron chi connectivity index (χ4n) is 3.15. The van der Waals surface area contributed by atoms with Crippen LogP contribution in [0.25, 0.3) is 11.1 Å². The number of rotatable bonds is 4. The third kappa shape index (κ3) is 4.38. The number of amides is 1. The van der Waals surface area contributed by atoms with Crippen molar-refractivity contribution >= 4 is 29.7 Å². The number of nitrogens with zero attached hydrogens (tertiary/aromatic N) is 4. The summed E-state index contributed by atoms with van der Waals surface area (Å²) in [4.78, 5) is 26.0. The molecule has 0 spiro atoms. The summed E-state index contributed by atoms with van der Waals surface area (Å²) in [5.74, 6) is -1.53. The van der Waals surface area contributed by atoms with Gasteiger partial charge in [-0.1, -0.05) is 6.07 Å². The van der Waals surface area contributed by atoms with Gasteiger partial charge >= 0.3 is 6.18 Å². The summed E-state index contributed by atoms with van der Waals surface area (Å²) in [6.45, 7) is 5.40. The average Bonchev–Trinajstić information content (AvgIpc) is 3.13. The fraction of sp³-hybridized carbons (Fsp3) is 0.300. The Morgan fingerprint density at radius 3 is 2.60 bits per heavy atom. The van der Waals surface area contributed by atoms with Crippen molar-refractivity contribution in [3.05, 3.63) is 42.0 Å². The highest BCUT2D eigenvalue weighted by molar-refractivity contribution is 6.38. The maximum Gasteiger partial charge on any atom is 0.416 e. The lowest BCUT2D eigenvalue weighted by atomic mass is 10.0. The first-order valence-corrected chi connectivity index (χ1v) is 8.96. The van der Waals surface area contributed by atoms with E-state index in [9.17, 15) is 27.5 Å². The second-order valence-electron chi connectivity index (χ2n) is 6.80. The second kappa shape index (κ2) is 8.31. The van der Waals surface area contributed by atoms with E-state index in [2.05, 4.69) is 21.7 Å². The van der Waals surface area contributed by atoms with Crippen LogP contribution in [0.1, 0.15) is 18.9 Å². The predicted molar refractivity (Wildman–Crippen MR) is 104 cm³/mol. The highest BCUT2D eigenvalue weighted by Crippen LogP contribution is 2.40. The van der Waals surface area contributed by atoms with E-state index in [1.54, 1.807) is 0 Å². The van der Waals surface area contributed by atoms with Gasteiger partial charge in [0.1, 0.15) is 22.9 Å². The Labute approximate surface area is 169 Å². The Morgan fingerprint density at radius 1 is 1.30 bits per heavy atom. The van der Waals surface area contributed by atoms with Gasteiger partial charge in [-0.3, -0.25) is 14.8 Å². The van der Waals surface area contributed by atoms with E-state index in [4.69, 9.17) is 0 Å². The van der Waals surface area contributed by atoms with Gasteiger partial charge in [-0.15, -0.1) is 0 Å². The van der Waals surface area contributed by atoms with Crippen molar-refractivity contribution in [1.82, 2.24) is 9.88 Å². The van der Waals surface area contributed by atoms with Crippen LogP contribution in [-0.4, -0.2) is 52.5 Å². The number of alkyl halides is 3. The van der Waals surface area contributed by atoms with Crippen LogP contribution >= 0.6 is 0 Å². The SMILES string of the molecule is C=Nc1cncc(-c2ccc(C(F)(F)F)cc2F)c1/N=C(\C)C(=O)N1CCC(O)C1. The van der Waals surface area contributed by atoms with Crippen LogP contribution in [0.3, 0.4) is 0 Å². The first-order chi connectivity index (χ1) is 14.1. The minimum atomic E-state index is -4.69. The Morgan fingerprint density at radius 2 is 2.03 bits per heavy atom. The number of hydrogen-bond donors (Lipinski definition) is 1. The van der Waals surface area contributed by atoms with E-state index < -0.39 is 29.6 Å². The number of hydrogen-bond acceptors (Lipinski definition) is 5. The number of pyridine rings is 1. The molecule has 0 saturated carbocycles. The number of halogens is 4. The summed E-state index contributed by atoms with van der Waals surface area (Å²) < 4.78 is 53.1. The second-order valence-corrected chi connectivity index (χ2v) is 6.80. The van der Waals surface area contributed by atoms with E-state index in [0.717, 1.165) is 12.1 Å². The van der Waals surface area contributed by atoms with Crippen LogP contribution in [0.2, 0.25) is 0 Å². The Kier molecular flexibility index (Phi) is 5.97. The number of carbonyl (C=O) groups is 1. The number of aliphatic imine (C=N–C) groups is 2. The number of carbonyl (C=O) groups excluding carboxylic acids is 1. The van der Waals surface area contributed by atoms with Crippen LogP contribution in [0, 0.1) is 5.82 Å². The molecule has 30 heavy (non-hydrogen) atoms. The summed E-state index contributed by atoms with van der Waals surface area (Å²) in [5.41, 5.74) is -0.978. The van der Waals surface area contributed by atoms with Crippen molar-refractivity contribution in [3.63, 3.8) is 0 Å². The molecule has 1 N–H and O–H groups in total. The van der Waals surface area contributed by atoms with Gasteiger partial charge in [0.15, 0.2) is 0 Å². The van der Waals surface area contributed by atoms with E-state index >= 15 is 0 Å². The highest BCUT2D eigenvalue weighted by atomic mass is 19.4. The highest BCUT2D eigenvalue weighted by Gasteiger charge is 2.31. The van der Waals surface area contributed by atoms with E-state index in [1.165, 1.54) is 24.2 Å². The van der Waals surface area contributed by atoms with Crippen LogP contribution in [0.5, 0.6) is 0 Å². The van der Waals surface area contributed by atoms with Crippen molar-refractivity contribution in [1.29, 1.82) is 0 Å². The number of benzene rings is 1. The van der Waals surface area contributed by atoms with Gasteiger partial charge in [0, 0.05) is 30.4 Å². The molecule has 1 amide bonds. The third-order valence-corrected chi connectivity index (χ3v) is 4.69. The molecule has 1 aliphatic rings. The lowest BCUT2D eigenvalue weighted by Crippen LogP contribution is -2.34. The summed E-state index contributed by atoms with van der Waals surface area (Å²) in [6, 6.07) is 2.12. The maximum atomic E-state index is 14.5. The monoisotopic (exact) mass is 422 g/mol. The fourth-order valence-corrected chi connectivity index (χ4v) is 3.15. The van der Waals surface area contributed by atoms with Crippen molar-refractivity contribution in [2.24, 2.45) is 9.98 Å². The molecule has 158 valence electrons. The molecule has 1 saturated heterocycles. The molecule has 1 aliphatic heterocycles. The molecular formula is C20H18F4N4O2. The molecule has 0 bridgehead atoms. The molecule has 1 unspecified atom stereocenters. The number of aliphatic hydroxyl groups is 1. The minimum Gasteiger partial charge on any atom is -0.391 e. The van der Waals surface area contributed by atoms with Gasteiger partial charge in [-0.05, 0) is 32.2 Å². The van der Waals surface area contributed by atoms with Gasteiger partial charge in [0.25, 0.3) is 5.91 Å². The number of likely N-dealkylation sites (tertiary alicyclic amines) is 1. The lowest BCUT2D eigenvalue weighted by molar-refractivity contribution is -0.137. The lowest BCUT2D eigenvalue weighted by Gasteiger charge is -2.16. The van der Waals surface area contributed by atoms with Crippen LogP contribution in [0.15, 0.2) is 40.6 Å². The van der Waals surface area contributed by atoms with Gasteiger partial charge in [0.2, 0.25) is 0 Å². The zero-order valence-corrected chi connectivity index (χ0v) is 15.9. The van der Waals surface area contributed by atoms with Gasteiger partial charge < -0.3 is 10.0 Å². The molecule has 1 aromatic heterocycles. The third-order valence-electron chi connectivity index (χ3n) is 4.69. The van der Waals surface area contributed by atoms with Crippen molar-refractivity contribution in [2.75, 3.05) is 13.1 Å². The molecular weight excluding hydrogens is 404 g/mol. The predicted octanol–water partition coefficient (Wildman–Crippen LogP) is 3.92. The summed E-state index contributed by atoms with van der Waals surface area (Å²) in [5, 5.41) is 9.62. The van der Waals surface area contributed by atoms with Crippen molar-refractivity contribution in [3.8, 4) is 11.1 Å². The van der Waals surface area contributed by atoms with Crippen LogP contribution < -0.4 is 0 Å². The molecule has 0 radical (unpaired) electrons. The van der Waals surface area contributed by atoms with E-state index in [0.29, 0.717) is 19.0 Å². The molecule has 6 nitrogen and oxygen atoms in total. The Balaban J connectivity index is 2.06. The number of β-amino-alcohol motifs (C(OH)–C–C–N with tert-alkyl or cyclic N) is 1. The largest absolute Gasteiger partial charge is 0.416 e. The Hall–Kier alpha value is -3.14. The molecule has 10 heteroatoms. The summed E-state index contributed by atoms with van der Waals surface area (Å²) >= 11 is 0. The van der Waals surface area contributed by atoms with E-state index in [1.807, 2.05) is 0 Å².